The molecule has 0 radical (unpaired) electrons. The number of hydrogen-bond acceptors (Lipinski definition) is 2. The van der Waals surface area contributed by atoms with Crippen molar-refractivity contribution in [3.8, 4) is 0 Å². The SMILES string of the molecule is CNC1CCN(c2ccc(C(C)(C)C)cc2)C(C)C1C. The second-order valence-corrected chi connectivity index (χ2v) is 7.27. The summed E-state index contributed by atoms with van der Waals surface area (Å²) >= 11 is 0. The first-order valence-corrected chi connectivity index (χ1v) is 7.89. The van der Waals surface area contributed by atoms with E-state index in [-0.39, 0.29) is 5.41 Å². The number of piperidine rings is 1. The Morgan fingerprint density at radius 3 is 2.20 bits per heavy atom. The molecule has 112 valence electrons. The molecular weight excluding hydrogens is 244 g/mol. The van der Waals surface area contributed by atoms with Gasteiger partial charge in [-0.2, -0.15) is 0 Å². The summed E-state index contributed by atoms with van der Waals surface area (Å²) in [7, 11) is 2.08. The van der Waals surface area contributed by atoms with E-state index in [0.717, 1.165) is 6.54 Å². The molecule has 1 N–H and O–H groups in total. The molecule has 1 aromatic carbocycles. The fourth-order valence-corrected chi connectivity index (χ4v) is 3.29. The van der Waals surface area contributed by atoms with Crippen molar-refractivity contribution in [2.75, 3.05) is 18.5 Å². The van der Waals surface area contributed by atoms with E-state index in [2.05, 4.69) is 76.1 Å². The average Bonchev–Trinajstić information content (AvgIpc) is 2.41. The van der Waals surface area contributed by atoms with E-state index < -0.39 is 0 Å². The van der Waals surface area contributed by atoms with E-state index in [1.54, 1.807) is 0 Å². The zero-order chi connectivity index (χ0) is 14.9. The smallest absolute Gasteiger partial charge is 0.0368 e. The maximum absolute atomic E-state index is 3.46. The van der Waals surface area contributed by atoms with Crippen LogP contribution in [0.3, 0.4) is 0 Å². The summed E-state index contributed by atoms with van der Waals surface area (Å²) in [6, 6.07) is 10.4. The van der Waals surface area contributed by atoms with Gasteiger partial charge in [0.1, 0.15) is 0 Å². The van der Waals surface area contributed by atoms with Gasteiger partial charge in [0.05, 0.1) is 0 Å². The third-order valence-corrected chi connectivity index (χ3v) is 5.00. The minimum absolute atomic E-state index is 0.233. The summed E-state index contributed by atoms with van der Waals surface area (Å²) < 4.78 is 0. The lowest BCUT2D eigenvalue weighted by atomic mass is 9.85. The Hall–Kier alpha value is -1.02. The van der Waals surface area contributed by atoms with Gasteiger partial charge in [-0.15, -0.1) is 0 Å². The second kappa shape index (κ2) is 5.77. The van der Waals surface area contributed by atoms with E-state index in [9.17, 15) is 0 Å². The first kappa shape index (κ1) is 15.4. The summed E-state index contributed by atoms with van der Waals surface area (Å²) in [6.45, 7) is 12.7. The summed E-state index contributed by atoms with van der Waals surface area (Å²) in [5, 5.41) is 3.46. The monoisotopic (exact) mass is 274 g/mol. The zero-order valence-corrected chi connectivity index (χ0v) is 13.9. The highest BCUT2D eigenvalue weighted by atomic mass is 15.2. The molecule has 1 aromatic rings. The van der Waals surface area contributed by atoms with Crippen molar-refractivity contribution < 1.29 is 0 Å². The first-order chi connectivity index (χ1) is 9.34. The van der Waals surface area contributed by atoms with Gasteiger partial charge in [0.2, 0.25) is 0 Å². The van der Waals surface area contributed by atoms with Crippen molar-refractivity contribution in [2.45, 2.75) is 58.5 Å². The molecular formula is C18H30N2. The molecule has 2 rings (SSSR count). The minimum atomic E-state index is 0.233. The number of benzene rings is 1. The molecule has 0 saturated carbocycles. The lowest BCUT2D eigenvalue weighted by molar-refractivity contribution is 0.282. The summed E-state index contributed by atoms with van der Waals surface area (Å²) in [4.78, 5) is 2.56. The van der Waals surface area contributed by atoms with E-state index in [1.807, 2.05) is 0 Å². The molecule has 1 aliphatic rings. The molecule has 1 heterocycles. The van der Waals surface area contributed by atoms with Crippen LogP contribution in [0.1, 0.15) is 46.6 Å². The van der Waals surface area contributed by atoms with Gasteiger partial charge >= 0.3 is 0 Å². The van der Waals surface area contributed by atoms with Crippen LogP contribution in [0.4, 0.5) is 5.69 Å². The highest BCUT2D eigenvalue weighted by Crippen LogP contribution is 2.30. The average molecular weight is 274 g/mol. The molecule has 1 fully saturated rings. The number of nitrogens with one attached hydrogen (secondary N) is 1. The fourth-order valence-electron chi connectivity index (χ4n) is 3.29. The number of hydrogen-bond donors (Lipinski definition) is 1. The third-order valence-electron chi connectivity index (χ3n) is 5.00. The minimum Gasteiger partial charge on any atom is -0.368 e. The Balaban J connectivity index is 2.16. The number of anilines is 1. The van der Waals surface area contributed by atoms with E-state index in [1.165, 1.54) is 17.7 Å². The first-order valence-electron chi connectivity index (χ1n) is 7.89. The van der Waals surface area contributed by atoms with Crippen LogP contribution in [0.25, 0.3) is 0 Å². The van der Waals surface area contributed by atoms with E-state index in [4.69, 9.17) is 0 Å². The molecule has 0 amide bonds. The Morgan fingerprint density at radius 1 is 1.10 bits per heavy atom. The highest BCUT2D eigenvalue weighted by molar-refractivity contribution is 5.50. The van der Waals surface area contributed by atoms with Gasteiger partial charge < -0.3 is 10.2 Å². The Kier molecular flexibility index (Phi) is 4.43. The van der Waals surface area contributed by atoms with Crippen LogP contribution in [0, 0.1) is 5.92 Å². The van der Waals surface area contributed by atoms with Crippen molar-refractivity contribution in [3.05, 3.63) is 29.8 Å². The number of rotatable bonds is 2. The van der Waals surface area contributed by atoms with Crippen molar-refractivity contribution in [1.29, 1.82) is 0 Å². The van der Waals surface area contributed by atoms with Crippen LogP contribution in [-0.4, -0.2) is 25.7 Å². The molecule has 3 atom stereocenters. The molecule has 20 heavy (non-hydrogen) atoms. The normalized spacial score (nSPS) is 27.7. The van der Waals surface area contributed by atoms with Gasteiger partial charge in [0.25, 0.3) is 0 Å². The van der Waals surface area contributed by atoms with Crippen LogP contribution < -0.4 is 10.2 Å². The summed E-state index contributed by atoms with van der Waals surface area (Å²) in [5.41, 5.74) is 3.01. The van der Waals surface area contributed by atoms with Gasteiger partial charge in [-0.05, 0) is 49.4 Å². The largest absolute Gasteiger partial charge is 0.368 e. The molecule has 0 aliphatic carbocycles. The zero-order valence-electron chi connectivity index (χ0n) is 13.9. The van der Waals surface area contributed by atoms with Crippen LogP contribution in [0.2, 0.25) is 0 Å². The summed E-state index contributed by atoms with van der Waals surface area (Å²) in [6.07, 6.45) is 1.23. The Labute approximate surface area is 124 Å². The standard InChI is InChI=1S/C18H30N2/c1-13-14(2)20(12-11-17(13)19-6)16-9-7-15(8-10-16)18(3,4)5/h7-10,13-14,17,19H,11-12H2,1-6H3. The van der Waals surface area contributed by atoms with Crippen molar-refractivity contribution in [2.24, 2.45) is 5.92 Å². The predicted molar refractivity (Wildman–Crippen MR) is 88.6 cm³/mol. The van der Waals surface area contributed by atoms with Gasteiger partial charge in [-0.3, -0.25) is 0 Å². The van der Waals surface area contributed by atoms with Crippen LogP contribution in [-0.2, 0) is 5.41 Å². The molecule has 1 aliphatic heterocycles. The topological polar surface area (TPSA) is 15.3 Å². The maximum atomic E-state index is 3.46. The Bertz CT molecular complexity index is 430. The molecule has 0 spiro atoms. The van der Waals surface area contributed by atoms with Crippen molar-refractivity contribution in [3.63, 3.8) is 0 Å². The van der Waals surface area contributed by atoms with Gasteiger partial charge in [-0.1, -0.05) is 39.8 Å². The fraction of sp³-hybridized carbons (Fsp3) is 0.667. The molecule has 0 bridgehead atoms. The third kappa shape index (κ3) is 3.01. The van der Waals surface area contributed by atoms with Crippen LogP contribution >= 0.6 is 0 Å². The highest BCUT2D eigenvalue weighted by Gasteiger charge is 2.31. The second-order valence-electron chi connectivity index (χ2n) is 7.27. The molecule has 2 nitrogen and oxygen atoms in total. The maximum Gasteiger partial charge on any atom is 0.0368 e. The molecule has 1 saturated heterocycles. The van der Waals surface area contributed by atoms with E-state index >= 15 is 0 Å². The number of nitrogens with zero attached hydrogens (tertiary/aromatic N) is 1. The molecule has 0 aromatic heterocycles. The van der Waals surface area contributed by atoms with Gasteiger partial charge in [-0.25, -0.2) is 0 Å². The van der Waals surface area contributed by atoms with E-state index in [0.29, 0.717) is 18.0 Å². The van der Waals surface area contributed by atoms with Crippen molar-refractivity contribution in [1.82, 2.24) is 5.32 Å². The summed E-state index contributed by atoms with van der Waals surface area (Å²) in [5.74, 6) is 0.677. The lowest BCUT2D eigenvalue weighted by Crippen LogP contribution is -2.52. The molecule has 2 heteroatoms. The van der Waals surface area contributed by atoms with Gasteiger partial charge in [0, 0.05) is 24.3 Å². The Morgan fingerprint density at radius 2 is 1.70 bits per heavy atom. The predicted octanol–water partition coefficient (Wildman–Crippen LogP) is 3.81. The van der Waals surface area contributed by atoms with Gasteiger partial charge in [0.15, 0.2) is 0 Å². The van der Waals surface area contributed by atoms with Crippen LogP contribution in [0.15, 0.2) is 24.3 Å². The molecule has 3 unspecified atom stereocenters. The van der Waals surface area contributed by atoms with Crippen LogP contribution in [0.5, 0.6) is 0 Å². The quantitative estimate of drug-likeness (QED) is 0.882. The van der Waals surface area contributed by atoms with Crippen molar-refractivity contribution >= 4 is 5.69 Å². The lowest BCUT2D eigenvalue weighted by Gasteiger charge is -2.44.